The highest BCUT2D eigenvalue weighted by Crippen LogP contribution is 2.30. The number of hydrogen-bond acceptors (Lipinski definition) is 3. The molecule has 2 aliphatic rings. The molecule has 1 atom stereocenters. The van der Waals surface area contributed by atoms with Crippen molar-refractivity contribution in [3.8, 4) is 0 Å². The first kappa shape index (κ1) is 19.2. The number of benzene rings is 1. The quantitative estimate of drug-likeness (QED) is 0.850. The molecule has 1 aromatic rings. The minimum atomic E-state index is -0.317. The molecule has 2 fully saturated rings. The molecule has 0 radical (unpaired) electrons. The summed E-state index contributed by atoms with van der Waals surface area (Å²) in [6.45, 7) is 9.04. The molecule has 142 valence electrons. The van der Waals surface area contributed by atoms with Gasteiger partial charge in [-0.3, -0.25) is 9.59 Å². The second-order valence-corrected chi connectivity index (χ2v) is 9.33. The van der Waals surface area contributed by atoms with Crippen LogP contribution in [-0.4, -0.2) is 35.5 Å². The van der Waals surface area contributed by atoms with E-state index in [1.807, 2.05) is 12.1 Å². The third kappa shape index (κ3) is 4.38. The highest BCUT2D eigenvalue weighted by atomic mass is 35.5. The normalized spacial score (nSPS) is 25.3. The number of carbonyl (C=O) groups is 2. The molecular weight excluding hydrogens is 350 g/mol. The Kier molecular flexibility index (Phi) is 5.06. The van der Waals surface area contributed by atoms with E-state index in [1.165, 1.54) is 0 Å². The first-order chi connectivity index (χ1) is 12.0. The molecule has 2 saturated heterocycles. The molecule has 0 saturated carbocycles. The Labute approximate surface area is 160 Å². The lowest BCUT2D eigenvalue weighted by Gasteiger charge is -2.46. The van der Waals surface area contributed by atoms with Crippen LogP contribution in [-0.2, 0) is 9.59 Å². The number of hydrogen-bond donors (Lipinski definition) is 2. The van der Waals surface area contributed by atoms with Gasteiger partial charge in [-0.1, -0.05) is 17.7 Å². The molecule has 5 nitrogen and oxygen atoms in total. The summed E-state index contributed by atoms with van der Waals surface area (Å²) < 4.78 is 0. The zero-order valence-corrected chi connectivity index (χ0v) is 16.7. The largest absolute Gasteiger partial charge is 0.353 e. The summed E-state index contributed by atoms with van der Waals surface area (Å²) in [5.41, 5.74) is 0.692. The van der Waals surface area contributed by atoms with Crippen molar-refractivity contribution >= 4 is 29.1 Å². The summed E-state index contributed by atoms with van der Waals surface area (Å²) in [4.78, 5) is 26.8. The number of amides is 2. The van der Waals surface area contributed by atoms with E-state index in [1.54, 1.807) is 17.0 Å². The van der Waals surface area contributed by atoms with E-state index in [2.05, 4.69) is 38.3 Å². The van der Waals surface area contributed by atoms with Gasteiger partial charge in [0.1, 0.15) is 0 Å². The lowest BCUT2D eigenvalue weighted by molar-refractivity contribution is -0.127. The van der Waals surface area contributed by atoms with Crippen molar-refractivity contribution in [1.82, 2.24) is 10.6 Å². The van der Waals surface area contributed by atoms with Gasteiger partial charge in [-0.2, -0.15) is 0 Å². The predicted octanol–water partition coefficient (Wildman–Crippen LogP) is 3.12. The van der Waals surface area contributed by atoms with Crippen LogP contribution in [0.3, 0.4) is 0 Å². The van der Waals surface area contributed by atoms with Gasteiger partial charge in [0.15, 0.2) is 0 Å². The van der Waals surface area contributed by atoms with E-state index >= 15 is 0 Å². The van der Waals surface area contributed by atoms with Gasteiger partial charge in [-0.05, 0) is 58.7 Å². The summed E-state index contributed by atoms with van der Waals surface area (Å²) in [6.07, 6.45) is 2.00. The Hall–Kier alpha value is -1.59. The lowest BCUT2D eigenvalue weighted by Crippen LogP contribution is -2.62. The van der Waals surface area contributed by atoms with Gasteiger partial charge in [-0.15, -0.1) is 0 Å². The molecule has 2 N–H and O–H groups in total. The fraction of sp³-hybridized carbons (Fsp3) is 0.600. The van der Waals surface area contributed by atoms with E-state index in [9.17, 15) is 9.59 Å². The number of carbonyl (C=O) groups excluding carboxylic acids is 2. The fourth-order valence-corrected chi connectivity index (χ4v) is 4.70. The van der Waals surface area contributed by atoms with Crippen molar-refractivity contribution in [3.05, 3.63) is 29.3 Å². The van der Waals surface area contributed by atoms with Crippen molar-refractivity contribution in [2.45, 2.75) is 64.1 Å². The molecule has 0 aliphatic carbocycles. The molecule has 6 heteroatoms. The van der Waals surface area contributed by atoms with E-state index < -0.39 is 0 Å². The Morgan fingerprint density at radius 3 is 2.50 bits per heavy atom. The van der Waals surface area contributed by atoms with E-state index in [0.717, 1.165) is 18.5 Å². The van der Waals surface area contributed by atoms with Crippen LogP contribution < -0.4 is 15.5 Å². The molecule has 0 bridgehead atoms. The van der Waals surface area contributed by atoms with Crippen LogP contribution in [0.15, 0.2) is 24.3 Å². The molecule has 0 aromatic heterocycles. The van der Waals surface area contributed by atoms with Crippen LogP contribution in [0, 0.1) is 5.92 Å². The molecule has 2 aliphatic heterocycles. The van der Waals surface area contributed by atoms with Gasteiger partial charge in [-0.25, -0.2) is 0 Å². The van der Waals surface area contributed by atoms with E-state index in [4.69, 9.17) is 11.6 Å². The van der Waals surface area contributed by atoms with Crippen LogP contribution in [0.5, 0.6) is 0 Å². The second kappa shape index (κ2) is 6.86. The van der Waals surface area contributed by atoms with Crippen LogP contribution >= 0.6 is 11.6 Å². The predicted molar refractivity (Wildman–Crippen MR) is 104 cm³/mol. The zero-order valence-electron chi connectivity index (χ0n) is 15.9. The fourth-order valence-electron chi connectivity index (χ4n) is 4.52. The average molecular weight is 378 g/mol. The molecule has 0 spiro atoms. The number of nitrogens with one attached hydrogen (secondary N) is 2. The van der Waals surface area contributed by atoms with Gasteiger partial charge in [0, 0.05) is 40.8 Å². The SMILES string of the molecule is CC1(C)CC(NC(=O)[C@H]2CC(=O)N(c3cccc(Cl)c3)C2)CC(C)(C)N1. The Morgan fingerprint density at radius 2 is 1.88 bits per heavy atom. The van der Waals surface area contributed by atoms with Crippen molar-refractivity contribution in [2.24, 2.45) is 5.92 Å². The average Bonchev–Trinajstić information content (AvgIpc) is 2.86. The molecule has 1 aromatic carbocycles. The molecule has 3 rings (SSSR count). The molecular formula is C20H28ClN3O2. The highest BCUT2D eigenvalue weighted by Gasteiger charge is 2.40. The maximum Gasteiger partial charge on any atom is 0.227 e. The first-order valence-electron chi connectivity index (χ1n) is 9.20. The summed E-state index contributed by atoms with van der Waals surface area (Å²) in [5, 5.41) is 7.40. The topological polar surface area (TPSA) is 61.4 Å². The maximum atomic E-state index is 12.8. The second-order valence-electron chi connectivity index (χ2n) is 8.89. The van der Waals surface area contributed by atoms with Gasteiger partial charge >= 0.3 is 0 Å². The number of nitrogens with zero attached hydrogens (tertiary/aromatic N) is 1. The Balaban J connectivity index is 1.65. The standard InChI is InChI=1S/C20H28ClN3O2/c1-19(2)10-15(11-20(3,4)23-19)22-18(26)13-8-17(25)24(12-13)16-7-5-6-14(21)9-16/h5-7,9,13,15,23H,8,10-12H2,1-4H3,(H,22,26)/t13-/m0/s1. The van der Waals surface area contributed by atoms with Crippen molar-refractivity contribution in [2.75, 3.05) is 11.4 Å². The third-order valence-corrected chi connectivity index (χ3v) is 5.39. The van der Waals surface area contributed by atoms with Crippen LogP contribution in [0.25, 0.3) is 0 Å². The number of halogens is 1. The van der Waals surface area contributed by atoms with Gasteiger partial charge in [0.25, 0.3) is 0 Å². The van der Waals surface area contributed by atoms with E-state index in [-0.39, 0.29) is 41.3 Å². The van der Waals surface area contributed by atoms with Crippen LogP contribution in [0.4, 0.5) is 5.69 Å². The maximum absolute atomic E-state index is 12.8. The smallest absolute Gasteiger partial charge is 0.227 e. The first-order valence-corrected chi connectivity index (χ1v) is 9.58. The number of anilines is 1. The third-order valence-electron chi connectivity index (χ3n) is 5.15. The molecule has 0 unspecified atom stereocenters. The van der Waals surface area contributed by atoms with Crippen molar-refractivity contribution in [3.63, 3.8) is 0 Å². The summed E-state index contributed by atoms with van der Waals surface area (Å²) in [5.74, 6) is -0.373. The van der Waals surface area contributed by atoms with Gasteiger partial charge in [0.2, 0.25) is 11.8 Å². The number of piperidine rings is 1. The molecule has 26 heavy (non-hydrogen) atoms. The highest BCUT2D eigenvalue weighted by molar-refractivity contribution is 6.31. The lowest BCUT2D eigenvalue weighted by atomic mass is 9.79. The molecule has 2 heterocycles. The Bertz CT molecular complexity index is 701. The summed E-state index contributed by atoms with van der Waals surface area (Å²) >= 11 is 6.03. The monoisotopic (exact) mass is 377 g/mol. The minimum absolute atomic E-state index is 0.0265. The number of rotatable bonds is 3. The summed E-state index contributed by atoms with van der Waals surface area (Å²) in [7, 11) is 0. The minimum Gasteiger partial charge on any atom is -0.353 e. The molecule has 2 amide bonds. The van der Waals surface area contributed by atoms with Gasteiger partial charge in [0.05, 0.1) is 5.92 Å². The van der Waals surface area contributed by atoms with E-state index in [0.29, 0.717) is 11.6 Å². The van der Waals surface area contributed by atoms with Gasteiger partial charge < -0.3 is 15.5 Å². The van der Waals surface area contributed by atoms with Crippen molar-refractivity contribution < 1.29 is 9.59 Å². The van der Waals surface area contributed by atoms with Crippen LogP contribution in [0.2, 0.25) is 5.02 Å². The zero-order chi connectivity index (χ0) is 19.1. The Morgan fingerprint density at radius 1 is 1.23 bits per heavy atom. The summed E-state index contributed by atoms with van der Waals surface area (Å²) in [6, 6.07) is 7.32. The van der Waals surface area contributed by atoms with Crippen LogP contribution in [0.1, 0.15) is 47.0 Å². The van der Waals surface area contributed by atoms with Crippen molar-refractivity contribution in [1.29, 1.82) is 0 Å².